The SMILES string of the molecule is CCN(C(=O)c1ccc(NC)c(S(=O)(=O)CNCC(=O)OC)c1)C12CC3CC(CC(O)(C3)C1)C2. The lowest BCUT2D eigenvalue weighted by Crippen LogP contribution is -2.66. The standard InChI is InChI=1S/C24H35N3O6S/c1-4-27(23-9-16-7-17(10-23)12-24(30,11-16)14-23)22(29)18-5-6-19(25-2)20(8-18)34(31,32)15-26-13-21(28)33-3/h5-6,8,16-17,25-26,30H,4,7,9-15H2,1-3H3. The molecule has 2 atom stereocenters. The number of aliphatic hydroxyl groups is 1. The zero-order valence-corrected chi connectivity index (χ0v) is 20.9. The van der Waals surface area contributed by atoms with Crippen LogP contribution in [0.15, 0.2) is 23.1 Å². The minimum atomic E-state index is -3.84. The van der Waals surface area contributed by atoms with Gasteiger partial charge in [0.15, 0.2) is 9.84 Å². The van der Waals surface area contributed by atoms with Crippen molar-refractivity contribution in [2.45, 2.75) is 61.5 Å². The monoisotopic (exact) mass is 493 g/mol. The molecule has 0 radical (unpaired) electrons. The normalized spacial score (nSPS) is 29.6. The predicted molar refractivity (Wildman–Crippen MR) is 127 cm³/mol. The maximum Gasteiger partial charge on any atom is 0.319 e. The smallest absolute Gasteiger partial charge is 0.319 e. The lowest BCUT2D eigenvalue weighted by molar-refractivity contribution is -0.166. The van der Waals surface area contributed by atoms with Crippen LogP contribution in [0.1, 0.15) is 55.8 Å². The summed E-state index contributed by atoms with van der Waals surface area (Å²) in [4.78, 5) is 27.0. The third-order valence-corrected chi connectivity index (χ3v) is 9.35. The first-order valence-electron chi connectivity index (χ1n) is 11.9. The molecule has 9 nitrogen and oxygen atoms in total. The summed E-state index contributed by atoms with van der Waals surface area (Å²) in [5.41, 5.74) is -0.403. The van der Waals surface area contributed by atoms with Crippen molar-refractivity contribution in [2.24, 2.45) is 11.8 Å². The third-order valence-electron chi connectivity index (χ3n) is 7.76. The highest BCUT2D eigenvalue weighted by Crippen LogP contribution is 2.59. The molecule has 1 aromatic rings. The molecule has 5 rings (SSSR count). The number of esters is 1. The van der Waals surface area contributed by atoms with Crippen LogP contribution in [0.25, 0.3) is 0 Å². The van der Waals surface area contributed by atoms with Gasteiger partial charge in [-0.15, -0.1) is 0 Å². The molecule has 1 amide bonds. The van der Waals surface area contributed by atoms with Crippen LogP contribution in [-0.4, -0.2) is 74.6 Å². The van der Waals surface area contributed by atoms with E-state index in [0.29, 0.717) is 36.1 Å². The highest BCUT2D eigenvalue weighted by Gasteiger charge is 2.59. The fourth-order valence-corrected chi connectivity index (χ4v) is 8.23. The van der Waals surface area contributed by atoms with Gasteiger partial charge in [0.25, 0.3) is 5.91 Å². The van der Waals surface area contributed by atoms with Crippen LogP contribution < -0.4 is 10.6 Å². The molecule has 4 aliphatic rings. The first kappa shape index (κ1) is 24.9. The van der Waals surface area contributed by atoms with E-state index in [1.54, 1.807) is 19.2 Å². The van der Waals surface area contributed by atoms with Gasteiger partial charge in [-0.1, -0.05) is 0 Å². The Morgan fingerprint density at radius 1 is 1.21 bits per heavy atom. The summed E-state index contributed by atoms with van der Waals surface area (Å²) >= 11 is 0. The third kappa shape index (κ3) is 4.55. The van der Waals surface area contributed by atoms with Gasteiger partial charge in [-0.05, 0) is 75.5 Å². The number of hydrogen-bond donors (Lipinski definition) is 3. The molecule has 34 heavy (non-hydrogen) atoms. The number of methoxy groups -OCH3 is 1. The second-order valence-corrected chi connectivity index (χ2v) is 12.1. The molecule has 10 heteroatoms. The first-order chi connectivity index (χ1) is 16.0. The van der Waals surface area contributed by atoms with Gasteiger partial charge in [-0.25, -0.2) is 8.42 Å². The Morgan fingerprint density at radius 2 is 1.88 bits per heavy atom. The van der Waals surface area contributed by atoms with E-state index in [1.165, 1.54) is 13.2 Å². The van der Waals surface area contributed by atoms with E-state index < -0.39 is 27.3 Å². The van der Waals surface area contributed by atoms with E-state index in [-0.39, 0.29) is 22.9 Å². The summed E-state index contributed by atoms with van der Waals surface area (Å²) in [7, 11) is -0.994. The Morgan fingerprint density at radius 3 is 2.44 bits per heavy atom. The Bertz CT molecular complexity index is 1060. The first-order valence-corrected chi connectivity index (χ1v) is 13.6. The van der Waals surface area contributed by atoms with Crippen molar-refractivity contribution in [1.29, 1.82) is 0 Å². The highest BCUT2D eigenvalue weighted by atomic mass is 32.2. The number of sulfone groups is 1. The Hall–Kier alpha value is -2.17. The maximum atomic E-state index is 13.8. The molecule has 188 valence electrons. The van der Waals surface area contributed by atoms with E-state index in [9.17, 15) is 23.1 Å². The van der Waals surface area contributed by atoms with Gasteiger partial charge in [0.1, 0.15) is 5.88 Å². The van der Waals surface area contributed by atoms with Crippen molar-refractivity contribution < 1.29 is 27.9 Å². The fraction of sp³-hybridized carbons (Fsp3) is 0.667. The van der Waals surface area contributed by atoms with Crippen LogP contribution in [-0.2, 0) is 19.4 Å². The lowest BCUT2D eigenvalue weighted by atomic mass is 9.50. The Balaban J connectivity index is 1.61. The quantitative estimate of drug-likeness (QED) is 0.445. The van der Waals surface area contributed by atoms with E-state index in [4.69, 9.17) is 0 Å². The molecule has 0 spiro atoms. The molecule has 0 aromatic heterocycles. The second kappa shape index (κ2) is 9.13. The van der Waals surface area contributed by atoms with Gasteiger partial charge in [0.2, 0.25) is 0 Å². The second-order valence-electron chi connectivity index (χ2n) is 10.2. The van der Waals surface area contributed by atoms with Gasteiger partial charge in [-0.2, -0.15) is 0 Å². The highest BCUT2D eigenvalue weighted by molar-refractivity contribution is 7.91. The molecule has 4 aliphatic carbocycles. The predicted octanol–water partition coefficient (Wildman–Crippen LogP) is 1.77. The molecular weight excluding hydrogens is 458 g/mol. The minimum Gasteiger partial charge on any atom is -0.468 e. The average molecular weight is 494 g/mol. The van der Waals surface area contributed by atoms with E-state index in [1.807, 2.05) is 11.8 Å². The average Bonchev–Trinajstić information content (AvgIpc) is 2.76. The van der Waals surface area contributed by atoms with Crippen molar-refractivity contribution in [2.75, 3.05) is 38.4 Å². The van der Waals surface area contributed by atoms with Crippen LogP contribution in [0.3, 0.4) is 0 Å². The molecular formula is C24H35N3O6S. The number of nitrogens with zero attached hydrogens (tertiary/aromatic N) is 1. The van der Waals surface area contributed by atoms with E-state index in [2.05, 4.69) is 15.4 Å². The number of carbonyl (C=O) groups is 2. The molecule has 0 saturated heterocycles. The Kier molecular flexibility index (Phi) is 6.69. The minimum absolute atomic E-state index is 0.00147. The number of hydrogen-bond acceptors (Lipinski definition) is 8. The van der Waals surface area contributed by atoms with Crippen molar-refractivity contribution in [3.05, 3.63) is 23.8 Å². The lowest BCUT2D eigenvalue weighted by Gasteiger charge is -2.63. The topological polar surface area (TPSA) is 125 Å². The van der Waals surface area contributed by atoms with Gasteiger partial charge >= 0.3 is 5.97 Å². The molecule has 3 N–H and O–H groups in total. The van der Waals surface area contributed by atoms with Gasteiger partial charge in [-0.3, -0.25) is 14.9 Å². The molecule has 4 fully saturated rings. The fourth-order valence-electron chi connectivity index (χ4n) is 6.89. The maximum absolute atomic E-state index is 13.8. The van der Waals surface area contributed by atoms with Gasteiger partial charge < -0.3 is 20.1 Å². The summed E-state index contributed by atoms with van der Waals surface area (Å²) in [5, 5.41) is 16.6. The molecule has 1 aromatic carbocycles. The Labute approximate surface area is 201 Å². The molecule has 2 unspecified atom stereocenters. The van der Waals surface area contributed by atoms with Crippen LogP contribution in [0.2, 0.25) is 0 Å². The summed E-state index contributed by atoms with van der Waals surface area (Å²) < 4.78 is 30.6. The molecule has 4 saturated carbocycles. The number of rotatable bonds is 9. The molecule has 0 aliphatic heterocycles. The summed E-state index contributed by atoms with van der Waals surface area (Å²) in [6.45, 7) is 2.20. The van der Waals surface area contributed by atoms with Crippen molar-refractivity contribution in [3.63, 3.8) is 0 Å². The number of carbonyl (C=O) groups excluding carboxylic acids is 2. The van der Waals surface area contributed by atoms with Crippen LogP contribution in [0.5, 0.6) is 0 Å². The van der Waals surface area contributed by atoms with Crippen LogP contribution in [0.4, 0.5) is 5.69 Å². The van der Waals surface area contributed by atoms with Crippen molar-refractivity contribution in [1.82, 2.24) is 10.2 Å². The summed E-state index contributed by atoms with van der Waals surface area (Å²) in [6, 6.07) is 4.66. The molecule has 0 heterocycles. The van der Waals surface area contributed by atoms with E-state index in [0.717, 1.165) is 32.1 Å². The van der Waals surface area contributed by atoms with Crippen LogP contribution in [0, 0.1) is 11.8 Å². The zero-order valence-electron chi connectivity index (χ0n) is 20.1. The summed E-state index contributed by atoms with van der Waals surface area (Å²) in [6.07, 6.45) is 5.12. The number of nitrogens with one attached hydrogen (secondary N) is 2. The van der Waals surface area contributed by atoms with E-state index >= 15 is 0 Å². The number of benzene rings is 1. The van der Waals surface area contributed by atoms with Gasteiger partial charge in [0, 0.05) is 24.7 Å². The largest absolute Gasteiger partial charge is 0.468 e. The number of anilines is 1. The number of amides is 1. The molecule has 4 bridgehead atoms. The zero-order chi connectivity index (χ0) is 24.7. The van der Waals surface area contributed by atoms with Crippen LogP contribution >= 0.6 is 0 Å². The van der Waals surface area contributed by atoms with Crippen molar-refractivity contribution >= 4 is 27.4 Å². The summed E-state index contributed by atoms with van der Waals surface area (Å²) in [5.74, 6) is -0.390. The number of ether oxygens (including phenoxy) is 1. The van der Waals surface area contributed by atoms with Crippen molar-refractivity contribution in [3.8, 4) is 0 Å². The van der Waals surface area contributed by atoms with Gasteiger partial charge in [0.05, 0.1) is 29.8 Å².